The van der Waals surface area contributed by atoms with Gasteiger partial charge in [0.25, 0.3) is 0 Å². The van der Waals surface area contributed by atoms with E-state index in [1.807, 2.05) is 17.7 Å². The highest BCUT2D eigenvalue weighted by molar-refractivity contribution is 5.54. The molecule has 1 aromatic carbocycles. The maximum absolute atomic E-state index is 13.2. The summed E-state index contributed by atoms with van der Waals surface area (Å²) >= 11 is 0. The van der Waals surface area contributed by atoms with E-state index in [0.717, 1.165) is 37.8 Å². The second-order valence-corrected chi connectivity index (χ2v) is 4.58. The van der Waals surface area contributed by atoms with Gasteiger partial charge in [0.05, 0.1) is 0 Å². The Kier molecular flexibility index (Phi) is 5.12. The molecule has 0 spiro atoms. The lowest BCUT2D eigenvalue weighted by atomic mass is 10.2. The van der Waals surface area contributed by atoms with Crippen LogP contribution in [0.25, 0.3) is 0 Å². The largest absolute Gasteiger partial charge is 0.382 e. The number of nitrogens with zero attached hydrogens (tertiary/aromatic N) is 2. The molecule has 20 heavy (non-hydrogen) atoms. The topological polar surface area (TPSA) is 39.1 Å². The Labute approximate surface area is 118 Å². The first-order valence-electron chi connectivity index (χ1n) is 6.82. The summed E-state index contributed by atoms with van der Waals surface area (Å²) in [6.07, 6.45) is 4.60. The first kappa shape index (κ1) is 14.5. The zero-order chi connectivity index (χ0) is 14.4. The minimum atomic E-state index is -0.199. The first-order valence-corrected chi connectivity index (χ1v) is 6.82. The van der Waals surface area contributed by atoms with E-state index in [-0.39, 0.29) is 5.82 Å². The Bertz CT molecular complexity index is 554. The van der Waals surface area contributed by atoms with Gasteiger partial charge in [-0.3, -0.25) is 0 Å². The molecule has 0 amide bonds. The van der Waals surface area contributed by atoms with E-state index >= 15 is 0 Å². The summed E-state index contributed by atoms with van der Waals surface area (Å²) in [7, 11) is 0. The third-order valence-corrected chi connectivity index (χ3v) is 3.02. The highest BCUT2D eigenvalue weighted by atomic mass is 19.1. The summed E-state index contributed by atoms with van der Waals surface area (Å²) in [5.41, 5.74) is 1.45. The molecule has 0 unspecified atom stereocenters. The second kappa shape index (κ2) is 7.05. The van der Waals surface area contributed by atoms with Gasteiger partial charge in [0, 0.05) is 37.8 Å². The van der Waals surface area contributed by atoms with Crippen LogP contribution in [0.4, 0.5) is 16.0 Å². The van der Waals surface area contributed by atoms with Gasteiger partial charge in [-0.25, -0.2) is 9.37 Å². The van der Waals surface area contributed by atoms with Crippen LogP contribution < -0.4 is 5.32 Å². The lowest BCUT2D eigenvalue weighted by molar-refractivity contribution is 0.142. The minimum Gasteiger partial charge on any atom is -0.382 e. The van der Waals surface area contributed by atoms with Crippen molar-refractivity contribution in [2.24, 2.45) is 0 Å². The van der Waals surface area contributed by atoms with Crippen LogP contribution in [0.15, 0.2) is 30.6 Å². The third kappa shape index (κ3) is 3.81. The molecule has 0 saturated carbocycles. The van der Waals surface area contributed by atoms with Crippen molar-refractivity contribution in [3.63, 3.8) is 0 Å². The summed E-state index contributed by atoms with van der Waals surface area (Å²) in [4.78, 5) is 4.28. The summed E-state index contributed by atoms with van der Waals surface area (Å²) < 4.78 is 20.6. The zero-order valence-corrected chi connectivity index (χ0v) is 11.9. The molecule has 5 heteroatoms. The summed E-state index contributed by atoms with van der Waals surface area (Å²) in [6, 6.07) is 4.94. The Morgan fingerprint density at radius 2 is 2.25 bits per heavy atom. The highest BCUT2D eigenvalue weighted by Gasteiger charge is 2.04. The summed E-state index contributed by atoms with van der Waals surface area (Å²) in [5, 5.41) is 3.21. The maximum Gasteiger partial charge on any atom is 0.207 e. The molecule has 1 N–H and O–H groups in total. The molecule has 2 aromatic rings. The smallest absolute Gasteiger partial charge is 0.207 e. The highest BCUT2D eigenvalue weighted by Crippen LogP contribution is 2.18. The fraction of sp³-hybridized carbons (Fsp3) is 0.400. The maximum atomic E-state index is 13.2. The average molecular weight is 277 g/mol. The molecule has 0 atom stereocenters. The number of benzene rings is 1. The zero-order valence-electron chi connectivity index (χ0n) is 11.9. The van der Waals surface area contributed by atoms with Crippen LogP contribution in [0.3, 0.4) is 0 Å². The van der Waals surface area contributed by atoms with Gasteiger partial charge in [-0.2, -0.15) is 0 Å². The van der Waals surface area contributed by atoms with Gasteiger partial charge in [0.1, 0.15) is 5.82 Å². The molecular formula is C15H20FN3O. The van der Waals surface area contributed by atoms with E-state index in [9.17, 15) is 4.39 Å². The number of aromatic nitrogens is 2. The predicted octanol–water partition coefficient (Wildman–Crippen LogP) is 3.50. The Balaban J connectivity index is 1.99. The number of hydrogen-bond acceptors (Lipinski definition) is 3. The van der Waals surface area contributed by atoms with Crippen molar-refractivity contribution in [3.8, 4) is 0 Å². The lowest BCUT2D eigenvalue weighted by Crippen LogP contribution is -2.06. The first-order chi connectivity index (χ1) is 9.70. The second-order valence-electron chi connectivity index (χ2n) is 4.58. The SMILES string of the molecule is CCOCCCn1ccnc1Nc1ccc(F)c(C)c1. The number of halogens is 1. The molecule has 4 nitrogen and oxygen atoms in total. The Morgan fingerprint density at radius 3 is 3.00 bits per heavy atom. The van der Waals surface area contributed by atoms with E-state index in [2.05, 4.69) is 10.3 Å². The number of imidazole rings is 1. The van der Waals surface area contributed by atoms with Crippen molar-refractivity contribution in [1.29, 1.82) is 0 Å². The van der Waals surface area contributed by atoms with Crippen molar-refractivity contribution in [2.75, 3.05) is 18.5 Å². The standard InChI is InChI=1S/C15H20FN3O/c1-3-20-10-4-8-19-9-7-17-15(19)18-13-5-6-14(16)12(2)11-13/h5-7,9,11H,3-4,8,10H2,1-2H3,(H,17,18). The molecule has 0 aliphatic carbocycles. The number of aryl methyl sites for hydroxylation is 2. The molecule has 1 aromatic heterocycles. The molecule has 0 bridgehead atoms. The predicted molar refractivity (Wildman–Crippen MR) is 77.8 cm³/mol. The van der Waals surface area contributed by atoms with Crippen molar-refractivity contribution in [3.05, 3.63) is 42.0 Å². The number of ether oxygens (including phenoxy) is 1. The van der Waals surface area contributed by atoms with E-state index in [4.69, 9.17) is 4.74 Å². The summed E-state index contributed by atoms with van der Waals surface area (Å²) in [6.45, 7) is 6.05. The van der Waals surface area contributed by atoms with Crippen LogP contribution in [0.2, 0.25) is 0 Å². The van der Waals surface area contributed by atoms with E-state index < -0.39 is 0 Å². The van der Waals surface area contributed by atoms with Crippen LogP contribution in [0.5, 0.6) is 0 Å². The average Bonchev–Trinajstić information content (AvgIpc) is 2.86. The normalized spacial score (nSPS) is 10.8. The Hall–Kier alpha value is -1.88. The molecule has 0 radical (unpaired) electrons. The quantitative estimate of drug-likeness (QED) is 0.787. The minimum absolute atomic E-state index is 0.199. The molecule has 108 valence electrons. The van der Waals surface area contributed by atoms with Gasteiger partial charge in [0.15, 0.2) is 0 Å². The van der Waals surface area contributed by atoms with Crippen molar-refractivity contribution < 1.29 is 9.13 Å². The van der Waals surface area contributed by atoms with Crippen LogP contribution in [0.1, 0.15) is 18.9 Å². The molecular weight excluding hydrogens is 257 g/mol. The fourth-order valence-electron chi connectivity index (χ4n) is 1.95. The van der Waals surface area contributed by atoms with Crippen LogP contribution in [-0.2, 0) is 11.3 Å². The van der Waals surface area contributed by atoms with Crippen molar-refractivity contribution in [1.82, 2.24) is 9.55 Å². The molecule has 0 aliphatic heterocycles. The lowest BCUT2D eigenvalue weighted by Gasteiger charge is -2.10. The molecule has 2 rings (SSSR count). The van der Waals surface area contributed by atoms with E-state index in [1.165, 1.54) is 6.07 Å². The number of nitrogens with one attached hydrogen (secondary N) is 1. The monoisotopic (exact) mass is 277 g/mol. The van der Waals surface area contributed by atoms with Gasteiger partial charge in [0.2, 0.25) is 5.95 Å². The molecule has 0 saturated heterocycles. The van der Waals surface area contributed by atoms with Crippen LogP contribution in [0, 0.1) is 12.7 Å². The Morgan fingerprint density at radius 1 is 1.40 bits per heavy atom. The van der Waals surface area contributed by atoms with Gasteiger partial charge in [-0.05, 0) is 44.0 Å². The molecule has 1 heterocycles. The van der Waals surface area contributed by atoms with Crippen LogP contribution >= 0.6 is 0 Å². The van der Waals surface area contributed by atoms with E-state index in [1.54, 1.807) is 25.3 Å². The van der Waals surface area contributed by atoms with E-state index in [0.29, 0.717) is 5.56 Å². The van der Waals surface area contributed by atoms with Crippen molar-refractivity contribution in [2.45, 2.75) is 26.8 Å². The molecule has 0 fully saturated rings. The van der Waals surface area contributed by atoms with Gasteiger partial charge in [-0.1, -0.05) is 0 Å². The van der Waals surface area contributed by atoms with Gasteiger partial charge in [-0.15, -0.1) is 0 Å². The summed E-state index contributed by atoms with van der Waals surface area (Å²) in [5.74, 6) is 0.558. The fourth-order valence-corrected chi connectivity index (χ4v) is 1.95. The number of rotatable bonds is 7. The molecule has 0 aliphatic rings. The third-order valence-electron chi connectivity index (χ3n) is 3.02. The van der Waals surface area contributed by atoms with Gasteiger partial charge < -0.3 is 14.6 Å². The number of anilines is 2. The van der Waals surface area contributed by atoms with Gasteiger partial charge >= 0.3 is 0 Å². The van der Waals surface area contributed by atoms with Crippen molar-refractivity contribution >= 4 is 11.6 Å². The number of hydrogen-bond donors (Lipinski definition) is 1. The van der Waals surface area contributed by atoms with Crippen LogP contribution in [-0.4, -0.2) is 22.8 Å².